The van der Waals surface area contributed by atoms with Crippen LogP contribution in [0.5, 0.6) is 11.5 Å². The number of ether oxygens (including phenoxy) is 3. The van der Waals surface area contributed by atoms with E-state index in [1.54, 1.807) is 0 Å². The third kappa shape index (κ3) is 3.61. The molecule has 1 unspecified atom stereocenters. The molecular weight excluding hydrogens is 246 g/mol. The van der Waals surface area contributed by atoms with E-state index in [9.17, 15) is 4.79 Å². The van der Waals surface area contributed by atoms with Gasteiger partial charge in [-0.3, -0.25) is 4.79 Å². The number of hydrogen-bond donors (Lipinski definition) is 1. The molecule has 0 saturated carbocycles. The minimum absolute atomic E-state index is 0.111. The van der Waals surface area contributed by atoms with Gasteiger partial charge in [0.05, 0.1) is 7.11 Å². The molecule has 0 radical (unpaired) electrons. The second-order valence-electron chi connectivity index (χ2n) is 4.48. The Morgan fingerprint density at radius 3 is 2.84 bits per heavy atom. The maximum atomic E-state index is 11.0. The Hall–Kier alpha value is -1.75. The summed E-state index contributed by atoms with van der Waals surface area (Å²) < 4.78 is 15.6. The van der Waals surface area contributed by atoms with E-state index in [1.165, 1.54) is 7.11 Å². The molecule has 0 aromatic heterocycles. The van der Waals surface area contributed by atoms with E-state index in [4.69, 9.17) is 15.2 Å². The van der Waals surface area contributed by atoms with Gasteiger partial charge in [-0.05, 0) is 30.5 Å². The van der Waals surface area contributed by atoms with E-state index in [0.29, 0.717) is 26.1 Å². The molecule has 2 N–H and O–H groups in total. The highest BCUT2D eigenvalue weighted by Crippen LogP contribution is 2.33. The molecule has 1 aliphatic rings. The van der Waals surface area contributed by atoms with Crippen LogP contribution in [0.4, 0.5) is 0 Å². The van der Waals surface area contributed by atoms with Gasteiger partial charge in [0, 0.05) is 12.5 Å². The zero-order chi connectivity index (χ0) is 13.7. The number of esters is 1. The van der Waals surface area contributed by atoms with E-state index in [2.05, 4.69) is 4.74 Å². The summed E-state index contributed by atoms with van der Waals surface area (Å²) in [6.07, 6.45) is 1.84. The molecule has 2 rings (SSSR count). The molecule has 1 atom stereocenters. The van der Waals surface area contributed by atoms with Gasteiger partial charge in [0.15, 0.2) is 11.5 Å². The van der Waals surface area contributed by atoms with Crippen LogP contribution in [-0.4, -0.2) is 26.3 Å². The number of benzene rings is 1. The fraction of sp³-hybridized carbons (Fsp3) is 0.500. The van der Waals surface area contributed by atoms with Crippen LogP contribution in [0, 0.1) is 0 Å². The van der Waals surface area contributed by atoms with Crippen LogP contribution in [0.25, 0.3) is 0 Å². The highest BCUT2D eigenvalue weighted by atomic mass is 16.6. The van der Waals surface area contributed by atoms with Crippen molar-refractivity contribution in [3.8, 4) is 11.5 Å². The number of methoxy groups -OCH3 is 1. The van der Waals surface area contributed by atoms with E-state index in [1.807, 2.05) is 18.2 Å². The van der Waals surface area contributed by atoms with Gasteiger partial charge in [-0.15, -0.1) is 0 Å². The Labute approximate surface area is 112 Å². The molecule has 104 valence electrons. The molecule has 0 saturated heterocycles. The predicted molar refractivity (Wildman–Crippen MR) is 70.2 cm³/mol. The first kappa shape index (κ1) is 13.7. The lowest BCUT2D eigenvalue weighted by Gasteiger charge is -2.20. The average molecular weight is 265 g/mol. The van der Waals surface area contributed by atoms with E-state index in [0.717, 1.165) is 23.5 Å². The molecule has 19 heavy (non-hydrogen) atoms. The molecule has 0 bridgehead atoms. The Morgan fingerprint density at radius 2 is 2.11 bits per heavy atom. The maximum Gasteiger partial charge on any atom is 0.305 e. The Balaban J connectivity index is 1.91. The van der Waals surface area contributed by atoms with Gasteiger partial charge in [-0.2, -0.15) is 0 Å². The summed E-state index contributed by atoms with van der Waals surface area (Å²) in [5.41, 5.74) is 7.10. The minimum atomic E-state index is -0.200. The average Bonchev–Trinajstić information content (AvgIpc) is 2.46. The van der Waals surface area contributed by atoms with Crippen LogP contribution < -0.4 is 15.2 Å². The predicted octanol–water partition coefficient (Wildman–Crippen LogP) is 1.80. The van der Waals surface area contributed by atoms with Gasteiger partial charge < -0.3 is 19.9 Å². The van der Waals surface area contributed by atoms with Crippen molar-refractivity contribution in [2.24, 2.45) is 5.73 Å². The SMILES string of the molecule is COC(=O)CCCC(N)c1ccc2c(c1)OCCO2. The van der Waals surface area contributed by atoms with Crippen molar-refractivity contribution in [2.75, 3.05) is 20.3 Å². The number of rotatable bonds is 5. The van der Waals surface area contributed by atoms with E-state index < -0.39 is 0 Å². The summed E-state index contributed by atoms with van der Waals surface area (Å²) in [5, 5.41) is 0. The quantitative estimate of drug-likeness (QED) is 0.822. The lowest BCUT2D eigenvalue weighted by Crippen LogP contribution is -2.17. The van der Waals surface area contributed by atoms with Gasteiger partial charge in [0.2, 0.25) is 0 Å². The summed E-state index contributed by atoms with van der Waals surface area (Å²) in [5.74, 6) is 1.30. The number of fused-ring (bicyclic) bond motifs is 1. The lowest BCUT2D eigenvalue weighted by molar-refractivity contribution is -0.140. The second kappa shape index (κ2) is 6.43. The van der Waals surface area contributed by atoms with Gasteiger partial charge >= 0.3 is 5.97 Å². The molecule has 0 amide bonds. The van der Waals surface area contributed by atoms with E-state index in [-0.39, 0.29) is 12.0 Å². The number of hydrogen-bond acceptors (Lipinski definition) is 5. The Bertz CT molecular complexity index is 447. The van der Waals surface area contributed by atoms with Crippen molar-refractivity contribution >= 4 is 5.97 Å². The molecule has 1 aromatic rings. The van der Waals surface area contributed by atoms with Crippen molar-refractivity contribution in [3.05, 3.63) is 23.8 Å². The Kier molecular flexibility index (Phi) is 4.63. The number of nitrogens with two attached hydrogens (primary N) is 1. The normalized spacial score (nSPS) is 14.8. The number of carbonyl (C=O) groups is 1. The largest absolute Gasteiger partial charge is 0.486 e. The van der Waals surface area contributed by atoms with Crippen LogP contribution in [0.15, 0.2) is 18.2 Å². The molecule has 5 nitrogen and oxygen atoms in total. The zero-order valence-electron chi connectivity index (χ0n) is 11.1. The first-order valence-corrected chi connectivity index (χ1v) is 6.42. The van der Waals surface area contributed by atoms with Gasteiger partial charge in [-0.25, -0.2) is 0 Å². The van der Waals surface area contributed by atoms with Crippen LogP contribution in [0.1, 0.15) is 30.9 Å². The minimum Gasteiger partial charge on any atom is -0.486 e. The molecule has 0 aliphatic carbocycles. The van der Waals surface area contributed by atoms with Gasteiger partial charge in [-0.1, -0.05) is 6.07 Å². The van der Waals surface area contributed by atoms with Crippen LogP contribution >= 0.6 is 0 Å². The fourth-order valence-electron chi connectivity index (χ4n) is 2.03. The summed E-state index contributed by atoms with van der Waals surface area (Å²) in [6.45, 7) is 1.14. The standard InChI is InChI=1S/C14H19NO4/c1-17-14(16)4-2-3-11(15)10-5-6-12-13(9-10)19-8-7-18-12/h5-6,9,11H,2-4,7-8,15H2,1H3. The molecule has 1 aromatic carbocycles. The first-order valence-electron chi connectivity index (χ1n) is 6.42. The maximum absolute atomic E-state index is 11.0. The summed E-state index contributed by atoms with van der Waals surface area (Å²) >= 11 is 0. The fourth-order valence-corrected chi connectivity index (χ4v) is 2.03. The lowest BCUT2D eigenvalue weighted by atomic mass is 10.0. The molecular formula is C14H19NO4. The summed E-state index contributed by atoms with van der Waals surface area (Å²) in [4.78, 5) is 11.0. The van der Waals surface area contributed by atoms with Crippen LogP contribution in [0.2, 0.25) is 0 Å². The molecule has 1 aliphatic heterocycles. The highest BCUT2D eigenvalue weighted by molar-refractivity contribution is 5.69. The zero-order valence-corrected chi connectivity index (χ0v) is 11.1. The first-order chi connectivity index (χ1) is 9.20. The van der Waals surface area contributed by atoms with Crippen molar-refractivity contribution in [3.63, 3.8) is 0 Å². The summed E-state index contributed by atoms with van der Waals surface area (Å²) in [6, 6.07) is 5.62. The van der Waals surface area contributed by atoms with Crippen LogP contribution in [-0.2, 0) is 9.53 Å². The molecule has 0 fully saturated rings. The smallest absolute Gasteiger partial charge is 0.305 e. The van der Waals surface area contributed by atoms with Crippen molar-refractivity contribution in [2.45, 2.75) is 25.3 Å². The Morgan fingerprint density at radius 1 is 1.37 bits per heavy atom. The van der Waals surface area contributed by atoms with Crippen LogP contribution in [0.3, 0.4) is 0 Å². The monoisotopic (exact) mass is 265 g/mol. The van der Waals surface area contributed by atoms with Gasteiger partial charge in [0.1, 0.15) is 13.2 Å². The molecule has 1 heterocycles. The summed E-state index contributed by atoms with van der Waals surface area (Å²) in [7, 11) is 1.39. The third-order valence-electron chi connectivity index (χ3n) is 3.12. The molecule has 5 heteroatoms. The van der Waals surface area contributed by atoms with E-state index >= 15 is 0 Å². The third-order valence-corrected chi connectivity index (χ3v) is 3.12. The second-order valence-corrected chi connectivity index (χ2v) is 4.48. The van der Waals surface area contributed by atoms with Crippen molar-refractivity contribution in [1.82, 2.24) is 0 Å². The topological polar surface area (TPSA) is 70.8 Å². The number of carbonyl (C=O) groups excluding carboxylic acids is 1. The van der Waals surface area contributed by atoms with Gasteiger partial charge in [0.25, 0.3) is 0 Å². The molecule has 0 spiro atoms. The van der Waals surface area contributed by atoms with Crippen molar-refractivity contribution in [1.29, 1.82) is 0 Å². The van der Waals surface area contributed by atoms with Crippen molar-refractivity contribution < 1.29 is 19.0 Å². The highest BCUT2D eigenvalue weighted by Gasteiger charge is 2.15.